The van der Waals surface area contributed by atoms with Crippen molar-refractivity contribution in [3.63, 3.8) is 0 Å². The summed E-state index contributed by atoms with van der Waals surface area (Å²) in [6.45, 7) is 0. The van der Waals surface area contributed by atoms with Gasteiger partial charge in [0.05, 0.1) is 0 Å². The first-order valence-electron chi connectivity index (χ1n) is 4.26. The molecule has 0 aromatic heterocycles. The fraction of sp³-hybridized carbons (Fsp3) is 0.333. The molecule has 0 aliphatic heterocycles. The Bertz CT molecular complexity index is 452. The van der Waals surface area contributed by atoms with Gasteiger partial charge in [-0.15, -0.1) is 0 Å². The summed E-state index contributed by atoms with van der Waals surface area (Å²) in [5.41, 5.74) is 0. The standard InChI is InChI=1S/C9H2F7I2S/c10-7(11,8(12,13)14)9(15,16)19-6-2-4(17)1-5(18)3-6/h2-3H. The van der Waals surface area contributed by atoms with Crippen molar-refractivity contribution in [1.29, 1.82) is 0 Å². The summed E-state index contributed by atoms with van der Waals surface area (Å²) in [6.07, 6.45) is -6.31. The Hall–Kier alpha value is 0.540. The molecule has 1 radical (unpaired) electrons. The third-order valence-corrected chi connectivity index (χ3v) is 3.89. The van der Waals surface area contributed by atoms with E-state index in [0.717, 1.165) is 12.1 Å². The summed E-state index contributed by atoms with van der Waals surface area (Å²) >= 11 is 2.56. The Morgan fingerprint density at radius 2 is 1.32 bits per heavy atom. The number of hydrogen-bond acceptors (Lipinski definition) is 1. The lowest BCUT2D eigenvalue weighted by molar-refractivity contribution is -0.330. The highest BCUT2D eigenvalue weighted by Crippen LogP contribution is 2.53. The molecule has 19 heavy (non-hydrogen) atoms. The van der Waals surface area contributed by atoms with Crippen molar-refractivity contribution in [3.05, 3.63) is 25.3 Å². The van der Waals surface area contributed by atoms with Gasteiger partial charge in [0.15, 0.2) is 0 Å². The van der Waals surface area contributed by atoms with Crippen molar-refractivity contribution < 1.29 is 30.7 Å². The van der Waals surface area contributed by atoms with Crippen molar-refractivity contribution in [3.8, 4) is 0 Å². The molecule has 0 fully saturated rings. The lowest BCUT2D eigenvalue weighted by atomic mass is 10.3. The Labute approximate surface area is 134 Å². The zero-order valence-electron chi connectivity index (χ0n) is 8.46. The van der Waals surface area contributed by atoms with Crippen molar-refractivity contribution in [2.75, 3.05) is 0 Å². The molecule has 0 nitrogen and oxygen atoms in total. The highest BCUT2D eigenvalue weighted by molar-refractivity contribution is 14.1. The minimum Gasteiger partial charge on any atom is -0.188 e. The SMILES string of the molecule is FC(F)(F)C(F)(F)C(F)(F)Sc1cc(I)[c]c(I)c1. The first kappa shape index (κ1) is 17.6. The minimum absolute atomic E-state index is 0.332. The number of alkyl halides is 7. The second kappa shape index (κ2) is 5.73. The predicted octanol–water partition coefficient (Wildman–Crippen LogP) is 5.58. The van der Waals surface area contributed by atoms with Crippen LogP contribution >= 0.6 is 56.9 Å². The van der Waals surface area contributed by atoms with Gasteiger partial charge in [-0.3, -0.25) is 0 Å². The minimum atomic E-state index is -6.31. The van der Waals surface area contributed by atoms with Gasteiger partial charge < -0.3 is 0 Å². The summed E-state index contributed by atoms with van der Waals surface area (Å²) in [7, 11) is 0. The summed E-state index contributed by atoms with van der Waals surface area (Å²) < 4.78 is 88.1. The van der Waals surface area contributed by atoms with Crippen LogP contribution in [0.5, 0.6) is 0 Å². The molecule has 0 heterocycles. The molecule has 0 atom stereocenters. The zero-order valence-corrected chi connectivity index (χ0v) is 13.6. The molecule has 0 N–H and O–H groups in total. The summed E-state index contributed by atoms with van der Waals surface area (Å²) in [4.78, 5) is -0.388. The fourth-order valence-corrected chi connectivity index (χ4v) is 4.00. The predicted molar refractivity (Wildman–Crippen MR) is 72.5 cm³/mol. The third-order valence-electron chi connectivity index (χ3n) is 1.74. The van der Waals surface area contributed by atoms with Crippen LogP contribution in [0, 0.1) is 13.2 Å². The fourth-order valence-electron chi connectivity index (χ4n) is 0.914. The van der Waals surface area contributed by atoms with E-state index in [2.05, 4.69) is 6.07 Å². The lowest BCUT2D eigenvalue weighted by Crippen LogP contribution is -2.49. The van der Waals surface area contributed by atoms with Crippen LogP contribution in [0.4, 0.5) is 30.7 Å². The molecule has 0 spiro atoms. The second-order valence-electron chi connectivity index (χ2n) is 3.20. The quantitative estimate of drug-likeness (QED) is 0.280. The molecule has 0 aliphatic rings. The monoisotopic (exact) mass is 529 g/mol. The number of halogens is 9. The molecule has 10 heteroatoms. The van der Waals surface area contributed by atoms with E-state index in [1.54, 1.807) is 45.2 Å². The van der Waals surface area contributed by atoms with Crippen LogP contribution in [0.15, 0.2) is 17.0 Å². The maximum Gasteiger partial charge on any atom is 0.460 e. The first-order valence-corrected chi connectivity index (χ1v) is 7.24. The summed E-state index contributed by atoms with van der Waals surface area (Å²) in [6, 6.07) is 4.77. The van der Waals surface area contributed by atoms with E-state index < -0.39 is 29.1 Å². The highest BCUT2D eigenvalue weighted by atomic mass is 127. The van der Waals surface area contributed by atoms with Crippen molar-refractivity contribution in [2.24, 2.45) is 0 Å². The van der Waals surface area contributed by atoms with Gasteiger partial charge in [0, 0.05) is 18.1 Å². The van der Waals surface area contributed by atoms with Crippen molar-refractivity contribution in [1.82, 2.24) is 0 Å². The topological polar surface area (TPSA) is 0 Å². The van der Waals surface area contributed by atoms with E-state index in [-0.39, 0.29) is 4.90 Å². The Morgan fingerprint density at radius 3 is 1.68 bits per heavy atom. The van der Waals surface area contributed by atoms with E-state index >= 15 is 0 Å². The number of thioether (sulfide) groups is 1. The Balaban J connectivity index is 3.09. The van der Waals surface area contributed by atoms with Crippen LogP contribution in [0.3, 0.4) is 0 Å². The molecule has 0 bridgehead atoms. The first-order chi connectivity index (χ1) is 8.37. The average molecular weight is 529 g/mol. The van der Waals surface area contributed by atoms with E-state index in [9.17, 15) is 30.7 Å². The van der Waals surface area contributed by atoms with E-state index in [1.165, 1.54) is 0 Å². The van der Waals surface area contributed by atoms with Gasteiger partial charge in [0.2, 0.25) is 0 Å². The number of hydrogen-bond donors (Lipinski definition) is 0. The summed E-state index contributed by atoms with van der Waals surface area (Å²) in [5.74, 6) is -6.11. The number of benzene rings is 1. The molecule has 0 saturated carbocycles. The van der Waals surface area contributed by atoms with Crippen LogP contribution in [0.1, 0.15) is 0 Å². The van der Waals surface area contributed by atoms with Crippen LogP contribution in [0.2, 0.25) is 0 Å². The van der Waals surface area contributed by atoms with Crippen molar-refractivity contribution >= 4 is 56.9 Å². The maximum atomic E-state index is 13.1. The molecule has 1 aromatic carbocycles. The lowest BCUT2D eigenvalue weighted by Gasteiger charge is -2.27. The maximum absolute atomic E-state index is 13.1. The molecule has 0 saturated heterocycles. The van der Waals surface area contributed by atoms with Gasteiger partial charge in [-0.25, -0.2) is 0 Å². The van der Waals surface area contributed by atoms with Gasteiger partial charge in [-0.05, 0) is 69.1 Å². The van der Waals surface area contributed by atoms with Gasteiger partial charge in [-0.1, -0.05) is 0 Å². The van der Waals surface area contributed by atoms with Crippen LogP contribution in [-0.2, 0) is 0 Å². The molecule has 0 amide bonds. The Kier molecular flexibility index (Phi) is 5.31. The molecular formula is C9H2F7I2S. The third kappa shape index (κ3) is 4.02. The summed E-state index contributed by atoms with van der Waals surface area (Å²) in [5, 5.41) is -5.29. The van der Waals surface area contributed by atoms with E-state index in [1.807, 2.05) is 0 Å². The normalized spacial score (nSPS) is 13.7. The highest BCUT2D eigenvalue weighted by Gasteiger charge is 2.73. The molecule has 107 valence electrons. The average Bonchev–Trinajstić information content (AvgIpc) is 2.12. The van der Waals surface area contributed by atoms with E-state index in [0.29, 0.717) is 7.14 Å². The largest absolute Gasteiger partial charge is 0.460 e. The van der Waals surface area contributed by atoms with Gasteiger partial charge in [0.25, 0.3) is 0 Å². The Morgan fingerprint density at radius 1 is 0.895 bits per heavy atom. The molecule has 1 aromatic rings. The van der Waals surface area contributed by atoms with Gasteiger partial charge in [0.1, 0.15) is 0 Å². The van der Waals surface area contributed by atoms with Crippen molar-refractivity contribution in [2.45, 2.75) is 22.2 Å². The molecular weight excluding hydrogens is 527 g/mol. The van der Waals surface area contributed by atoms with Crippen LogP contribution in [-0.4, -0.2) is 17.4 Å². The second-order valence-corrected chi connectivity index (χ2v) is 6.72. The number of rotatable bonds is 3. The van der Waals surface area contributed by atoms with Crippen LogP contribution < -0.4 is 0 Å². The van der Waals surface area contributed by atoms with Gasteiger partial charge in [-0.2, -0.15) is 30.7 Å². The zero-order chi connectivity index (χ0) is 15.1. The molecule has 0 unspecified atom stereocenters. The van der Waals surface area contributed by atoms with Crippen LogP contribution in [0.25, 0.3) is 0 Å². The van der Waals surface area contributed by atoms with E-state index in [4.69, 9.17) is 0 Å². The molecule has 1 rings (SSSR count). The smallest absolute Gasteiger partial charge is 0.188 e. The molecule has 0 aliphatic carbocycles. The van der Waals surface area contributed by atoms with Gasteiger partial charge >= 0.3 is 17.4 Å².